The van der Waals surface area contributed by atoms with E-state index >= 15 is 0 Å². The highest BCUT2D eigenvalue weighted by atomic mass is 16.5. The predicted octanol–water partition coefficient (Wildman–Crippen LogP) is 1.13. The molecule has 1 aromatic rings. The van der Waals surface area contributed by atoms with Crippen molar-refractivity contribution in [3.05, 3.63) is 24.0 Å². The minimum absolute atomic E-state index is 0.334. The highest BCUT2D eigenvalue weighted by molar-refractivity contribution is 5.28. The molecule has 0 radical (unpaired) electrons. The van der Waals surface area contributed by atoms with Gasteiger partial charge in [-0.15, -0.1) is 0 Å². The van der Waals surface area contributed by atoms with Gasteiger partial charge in [0, 0.05) is 24.5 Å². The van der Waals surface area contributed by atoms with Gasteiger partial charge in [0.1, 0.15) is 11.9 Å². The third-order valence-electron chi connectivity index (χ3n) is 2.28. The van der Waals surface area contributed by atoms with Crippen molar-refractivity contribution < 1.29 is 4.74 Å². The van der Waals surface area contributed by atoms with Crippen LogP contribution in [0.4, 0.5) is 0 Å². The summed E-state index contributed by atoms with van der Waals surface area (Å²) in [6.45, 7) is 4.04. The summed E-state index contributed by atoms with van der Waals surface area (Å²) in [6.07, 6.45) is 5.03. The van der Waals surface area contributed by atoms with Crippen molar-refractivity contribution in [2.24, 2.45) is 0 Å². The first-order chi connectivity index (χ1) is 6.36. The van der Waals surface area contributed by atoms with Crippen LogP contribution in [-0.2, 0) is 0 Å². The van der Waals surface area contributed by atoms with Crippen molar-refractivity contribution in [1.82, 2.24) is 10.3 Å². The van der Waals surface area contributed by atoms with Crippen LogP contribution in [0, 0.1) is 6.92 Å². The zero-order valence-electron chi connectivity index (χ0n) is 7.79. The lowest BCUT2D eigenvalue weighted by atomic mass is 10.2. The highest BCUT2D eigenvalue weighted by Crippen LogP contribution is 2.18. The second-order valence-electron chi connectivity index (χ2n) is 3.37. The Kier molecular flexibility index (Phi) is 2.45. The fourth-order valence-corrected chi connectivity index (χ4v) is 1.50. The van der Waals surface area contributed by atoms with Crippen LogP contribution in [0.2, 0.25) is 0 Å². The average Bonchev–Trinajstić information content (AvgIpc) is 2.61. The normalized spacial score (nSPS) is 21.8. The molecule has 1 aliphatic rings. The van der Waals surface area contributed by atoms with Crippen LogP contribution >= 0.6 is 0 Å². The predicted molar refractivity (Wildman–Crippen MR) is 50.9 cm³/mol. The van der Waals surface area contributed by atoms with E-state index in [2.05, 4.69) is 10.3 Å². The van der Waals surface area contributed by atoms with E-state index in [0.717, 1.165) is 30.8 Å². The molecule has 0 saturated carbocycles. The summed E-state index contributed by atoms with van der Waals surface area (Å²) < 4.78 is 5.80. The Hall–Kier alpha value is -1.09. The summed E-state index contributed by atoms with van der Waals surface area (Å²) >= 11 is 0. The number of hydrogen-bond acceptors (Lipinski definition) is 3. The van der Waals surface area contributed by atoms with Crippen molar-refractivity contribution in [1.29, 1.82) is 0 Å². The number of nitrogens with zero attached hydrogens (tertiary/aromatic N) is 1. The molecule has 0 unspecified atom stereocenters. The molecule has 0 aliphatic carbocycles. The van der Waals surface area contributed by atoms with Crippen LogP contribution in [0.5, 0.6) is 5.75 Å². The van der Waals surface area contributed by atoms with E-state index in [1.165, 1.54) is 0 Å². The minimum Gasteiger partial charge on any atom is -0.489 e. The minimum atomic E-state index is 0.334. The molecule has 0 spiro atoms. The molecular weight excluding hydrogens is 164 g/mol. The van der Waals surface area contributed by atoms with E-state index in [1.807, 2.05) is 19.2 Å². The third-order valence-corrected chi connectivity index (χ3v) is 2.28. The van der Waals surface area contributed by atoms with Gasteiger partial charge in [0.15, 0.2) is 0 Å². The number of rotatable bonds is 2. The lowest BCUT2D eigenvalue weighted by molar-refractivity contribution is 0.221. The molecule has 1 aromatic heterocycles. The molecule has 0 aromatic carbocycles. The quantitative estimate of drug-likeness (QED) is 0.737. The van der Waals surface area contributed by atoms with Gasteiger partial charge in [0.25, 0.3) is 0 Å². The molecule has 2 rings (SSSR count). The molecule has 3 nitrogen and oxygen atoms in total. The van der Waals surface area contributed by atoms with Crippen LogP contribution in [-0.4, -0.2) is 24.2 Å². The molecule has 2 heterocycles. The summed E-state index contributed by atoms with van der Waals surface area (Å²) in [5.41, 5.74) is 1.11. The molecule has 3 heteroatoms. The van der Waals surface area contributed by atoms with Crippen LogP contribution in [0.15, 0.2) is 18.5 Å². The first kappa shape index (κ1) is 8.51. The third kappa shape index (κ3) is 1.98. The van der Waals surface area contributed by atoms with Gasteiger partial charge < -0.3 is 10.1 Å². The summed E-state index contributed by atoms with van der Waals surface area (Å²) in [7, 11) is 0. The van der Waals surface area contributed by atoms with Crippen LogP contribution in [0.1, 0.15) is 12.0 Å². The molecule has 0 bridgehead atoms. The summed E-state index contributed by atoms with van der Waals surface area (Å²) in [5.74, 6) is 0.962. The number of ether oxygens (including phenoxy) is 1. The van der Waals surface area contributed by atoms with Gasteiger partial charge in [-0.3, -0.25) is 4.98 Å². The number of hydrogen-bond donors (Lipinski definition) is 1. The summed E-state index contributed by atoms with van der Waals surface area (Å²) in [5, 5.41) is 3.27. The molecule has 1 saturated heterocycles. The van der Waals surface area contributed by atoms with E-state index in [1.54, 1.807) is 6.20 Å². The zero-order chi connectivity index (χ0) is 9.10. The number of pyridine rings is 1. The lowest BCUT2D eigenvalue weighted by Gasteiger charge is -2.13. The van der Waals surface area contributed by atoms with Gasteiger partial charge in [-0.2, -0.15) is 0 Å². The molecular formula is C10H14N2O. The summed E-state index contributed by atoms with van der Waals surface area (Å²) in [6, 6.07) is 1.92. The van der Waals surface area contributed by atoms with E-state index < -0.39 is 0 Å². The second kappa shape index (κ2) is 3.75. The van der Waals surface area contributed by atoms with E-state index in [0.29, 0.717) is 6.10 Å². The second-order valence-corrected chi connectivity index (χ2v) is 3.37. The molecule has 1 atom stereocenters. The topological polar surface area (TPSA) is 34.1 Å². The number of nitrogens with one attached hydrogen (secondary N) is 1. The maximum Gasteiger partial charge on any atom is 0.125 e. The summed E-state index contributed by atoms with van der Waals surface area (Å²) in [4.78, 5) is 4.02. The van der Waals surface area contributed by atoms with Gasteiger partial charge in [-0.05, 0) is 26.0 Å². The Labute approximate surface area is 78.1 Å². The van der Waals surface area contributed by atoms with Gasteiger partial charge in [-0.25, -0.2) is 0 Å². The van der Waals surface area contributed by atoms with E-state index in [4.69, 9.17) is 4.74 Å². The Bertz CT molecular complexity index is 282. The van der Waals surface area contributed by atoms with Crippen molar-refractivity contribution in [2.75, 3.05) is 13.1 Å². The first-order valence-corrected chi connectivity index (χ1v) is 4.64. The molecule has 70 valence electrons. The lowest BCUT2D eigenvalue weighted by Crippen LogP contribution is -2.19. The largest absolute Gasteiger partial charge is 0.489 e. The first-order valence-electron chi connectivity index (χ1n) is 4.64. The van der Waals surface area contributed by atoms with Crippen molar-refractivity contribution in [3.8, 4) is 5.75 Å². The highest BCUT2D eigenvalue weighted by Gasteiger charge is 2.16. The Balaban J connectivity index is 2.04. The number of aryl methyl sites for hydroxylation is 1. The van der Waals surface area contributed by atoms with Crippen molar-refractivity contribution in [3.63, 3.8) is 0 Å². The zero-order valence-corrected chi connectivity index (χ0v) is 7.79. The van der Waals surface area contributed by atoms with Gasteiger partial charge in [0.05, 0.1) is 0 Å². The Morgan fingerprint density at radius 2 is 2.54 bits per heavy atom. The van der Waals surface area contributed by atoms with E-state index in [9.17, 15) is 0 Å². The number of aromatic nitrogens is 1. The Morgan fingerprint density at radius 3 is 3.23 bits per heavy atom. The molecule has 1 fully saturated rings. The van der Waals surface area contributed by atoms with Crippen molar-refractivity contribution >= 4 is 0 Å². The Morgan fingerprint density at radius 1 is 1.62 bits per heavy atom. The molecule has 0 amide bonds. The maximum absolute atomic E-state index is 5.80. The van der Waals surface area contributed by atoms with Gasteiger partial charge >= 0.3 is 0 Å². The van der Waals surface area contributed by atoms with Crippen LogP contribution in [0.3, 0.4) is 0 Å². The van der Waals surface area contributed by atoms with Gasteiger partial charge in [0.2, 0.25) is 0 Å². The standard InChI is InChI=1S/C10H14N2O/c1-8-6-11-5-3-10(8)13-9-2-4-12-7-9/h3,5-6,9,12H,2,4,7H2,1H3/t9-/m1/s1. The van der Waals surface area contributed by atoms with E-state index in [-0.39, 0.29) is 0 Å². The maximum atomic E-state index is 5.80. The smallest absolute Gasteiger partial charge is 0.125 e. The molecule has 13 heavy (non-hydrogen) atoms. The van der Waals surface area contributed by atoms with Gasteiger partial charge in [-0.1, -0.05) is 0 Å². The molecule has 1 aliphatic heterocycles. The van der Waals surface area contributed by atoms with Crippen LogP contribution in [0.25, 0.3) is 0 Å². The van der Waals surface area contributed by atoms with Crippen molar-refractivity contribution in [2.45, 2.75) is 19.4 Å². The SMILES string of the molecule is Cc1cnccc1O[C@@H]1CCNC1. The van der Waals surface area contributed by atoms with Crippen LogP contribution < -0.4 is 10.1 Å². The molecule has 1 N–H and O–H groups in total. The fourth-order valence-electron chi connectivity index (χ4n) is 1.50. The average molecular weight is 178 g/mol. The monoisotopic (exact) mass is 178 g/mol. The fraction of sp³-hybridized carbons (Fsp3) is 0.500.